The summed E-state index contributed by atoms with van der Waals surface area (Å²) in [5, 5.41) is 3.10. The number of hydrogen-bond acceptors (Lipinski definition) is 2. The first-order valence-corrected chi connectivity index (χ1v) is 8.72. The van der Waals surface area contributed by atoms with Gasteiger partial charge < -0.3 is 5.32 Å². The highest BCUT2D eigenvalue weighted by Gasteiger charge is 2.15. The van der Waals surface area contributed by atoms with Crippen molar-refractivity contribution in [2.75, 3.05) is 5.75 Å². The van der Waals surface area contributed by atoms with E-state index in [4.69, 9.17) is 0 Å². The number of aryl methyl sites for hydroxylation is 2. The summed E-state index contributed by atoms with van der Waals surface area (Å²) in [6.45, 7) is 9.93. The van der Waals surface area contributed by atoms with Crippen LogP contribution in [0.4, 0.5) is 0 Å². The molecule has 1 N–H and O–H groups in total. The zero-order chi connectivity index (χ0) is 16.8. The lowest BCUT2D eigenvalue weighted by molar-refractivity contribution is 0.0937. The maximum absolute atomic E-state index is 12.6. The molecule has 0 heterocycles. The van der Waals surface area contributed by atoms with Gasteiger partial charge in [-0.15, -0.1) is 18.3 Å². The molecule has 0 fully saturated rings. The van der Waals surface area contributed by atoms with Crippen LogP contribution in [0, 0.1) is 13.8 Å². The molecule has 0 unspecified atom stereocenters. The summed E-state index contributed by atoms with van der Waals surface area (Å²) >= 11 is 1.62. The van der Waals surface area contributed by atoms with Gasteiger partial charge in [0.25, 0.3) is 5.91 Å². The monoisotopic (exact) mass is 325 g/mol. The maximum Gasteiger partial charge on any atom is 0.252 e. The third-order valence-corrected chi connectivity index (χ3v) is 4.94. The molecule has 1 amide bonds. The quantitative estimate of drug-likeness (QED) is 0.593. The number of thioether (sulfide) groups is 1. The first-order chi connectivity index (χ1) is 11.0. The van der Waals surface area contributed by atoms with Crippen molar-refractivity contribution in [3.63, 3.8) is 0 Å². The summed E-state index contributed by atoms with van der Waals surface area (Å²) in [5.74, 6) is 0.750. The van der Waals surface area contributed by atoms with Crippen LogP contribution < -0.4 is 5.32 Å². The van der Waals surface area contributed by atoms with Crippen LogP contribution in [0.25, 0.3) is 0 Å². The molecule has 0 saturated heterocycles. The average molecular weight is 325 g/mol. The number of carbonyl (C=O) groups is 1. The zero-order valence-electron chi connectivity index (χ0n) is 13.9. The molecule has 23 heavy (non-hydrogen) atoms. The third-order valence-electron chi connectivity index (χ3n) is 3.87. The number of nitrogens with one attached hydrogen (secondary N) is 1. The highest BCUT2D eigenvalue weighted by atomic mass is 32.2. The molecule has 2 rings (SSSR count). The summed E-state index contributed by atoms with van der Waals surface area (Å²) in [6, 6.07) is 14.0. The third kappa shape index (κ3) is 4.49. The van der Waals surface area contributed by atoms with Crippen molar-refractivity contribution >= 4 is 17.7 Å². The van der Waals surface area contributed by atoms with E-state index in [2.05, 4.69) is 43.9 Å². The SMILES string of the molecule is C=CCSc1ccccc1C(=O)N[C@H](C)c1ccc(C)c(C)c1. The van der Waals surface area contributed by atoms with Gasteiger partial charge in [0.05, 0.1) is 11.6 Å². The molecule has 2 nitrogen and oxygen atoms in total. The largest absolute Gasteiger partial charge is 0.345 e. The van der Waals surface area contributed by atoms with E-state index in [0.717, 1.165) is 21.8 Å². The Labute approximate surface area is 143 Å². The van der Waals surface area contributed by atoms with Crippen molar-refractivity contribution in [3.8, 4) is 0 Å². The van der Waals surface area contributed by atoms with Crippen LogP contribution in [-0.2, 0) is 0 Å². The topological polar surface area (TPSA) is 29.1 Å². The Hall–Kier alpha value is -2.00. The first-order valence-electron chi connectivity index (χ1n) is 7.73. The van der Waals surface area contributed by atoms with Gasteiger partial charge in [0.15, 0.2) is 0 Å². The summed E-state index contributed by atoms with van der Waals surface area (Å²) in [7, 11) is 0. The summed E-state index contributed by atoms with van der Waals surface area (Å²) in [5.41, 5.74) is 4.34. The fourth-order valence-corrected chi connectivity index (χ4v) is 3.11. The summed E-state index contributed by atoms with van der Waals surface area (Å²) < 4.78 is 0. The first kappa shape index (κ1) is 17.4. The normalized spacial score (nSPS) is 11.8. The zero-order valence-corrected chi connectivity index (χ0v) is 14.7. The molecule has 120 valence electrons. The van der Waals surface area contributed by atoms with E-state index in [1.165, 1.54) is 11.1 Å². The Kier molecular flexibility index (Phi) is 6.05. The molecule has 0 aliphatic carbocycles. The minimum atomic E-state index is -0.0390. The summed E-state index contributed by atoms with van der Waals surface area (Å²) in [4.78, 5) is 13.6. The van der Waals surface area contributed by atoms with E-state index >= 15 is 0 Å². The second-order valence-electron chi connectivity index (χ2n) is 5.63. The maximum atomic E-state index is 12.6. The molecular formula is C20H23NOS. The second kappa shape index (κ2) is 8.02. The van der Waals surface area contributed by atoms with Gasteiger partial charge >= 0.3 is 0 Å². The molecule has 0 bridgehead atoms. The van der Waals surface area contributed by atoms with Crippen molar-refractivity contribution in [2.24, 2.45) is 0 Å². The van der Waals surface area contributed by atoms with E-state index in [9.17, 15) is 4.79 Å². The van der Waals surface area contributed by atoms with E-state index in [0.29, 0.717) is 0 Å². The van der Waals surface area contributed by atoms with Crippen LogP contribution in [-0.4, -0.2) is 11.7 Å². The lowest BCUT2D eigenvalue weighted by Gasteiger charge is -2.17. The lowest BCUT2D eigenvalue weighted by atomic mass is 10.0. The molecule has 1 atom stereocenters. The molecule has 2 aromatic rings. The van der Waals surface area contributed by atoms with Crippen molar-refractivity contribution in [1.29, 1.82) is 0 Å². The molecule has 0 radical (unpaired) electrons. The standard InChI is InChI=1S/C20H23NOS/c1-5-12-23-19-9-7-6-8-18(19)20(22)21-16(4)17-11-10-14(2)15(3)13-17/h5-11,13,16H,1,12H2,2-4H3,(H,21,22)/t16-/m1/s1. The average Bonchev–Trinajstić information content (AvgIpc) is 2.55. The minimum Gasteiger partial charge on any atom is -0.345 e. The molecule has 3 heteroatoms. The fourth-order valence-electron chi connectivity index (χ4n) is 2.32. The van der Waals surface area contributed by atoms with Crippen LogP contribution in [0.5, 0.6) is 0 Å². The number of rotatable bonds is 6. The number of carbonyl (C=O) groups excluding carboxylic acids is 1. The predicted octanol–water partition coefficient (Wildman–Crippen LogP) is 5.07. The van der Waals surface area contributed by atoms with Crippen molar-refractivity contribution < 1.29 is 4.79 Å². The van der Waals surface area contributed by atoms with E-state index in [1.54, 1.807) is 11.8 Å². The van der Waals surface area contributed by atoms with Crippen LogP contribution in [0.1, 0.15) is 40.0 Å². The highest BCUT2D eigenvalue weighted by molar-refractivity contribution is 7.99. The van der Waals surface area contributed by atoms with Gasteiger partial charge in [-0.3, -0.25) is 4.79 Å². The van der Waals surface area contributed by atoms with E-state index in [1.807, 2.05) is 37.3 Å². The number of amides is 1. The molecule has 2 aromatic carbocycles. The van der Waals surface area contributed by atoms with Gasteiger partial charge in [-0.25, -0.2) is 0 Å². The van der Waals surface area contributed by atoms with Crippen molar-refractivity contribution in [2.45, 2.75) is 31.7 Å². The van der Waals surface area contributed by atoms with Crippen LogP contribution in [0.15, 0.2) is 60.0 Å². The molecule has 0 saturated carbocycles. The Morgan fingerprint density at radius 1 is 1.22 bits per heavy atom. The van der Waals surface area contributed by atoms with Gasteiger partial charge in [-0.1, -0.05) is 36.4 Å². The Bertz CT molecular complexity index is 709. The number of hydrogen-bond donors (Lipinski definition) is 1. The fraction of sp³-hybridized carbons (Fsp3) is 0.250. The van der Waals surface area contributed by atoms with Crippen molar-refractivity contribution in [3.05, 3.63) is 77.4 Å². The Morgan fingerprint density at radius 3 is 2.65 bits per heavy atom. The van der Waals surface area contributed by atoms with E-state index in [-0.39, 0.29) is 11.9 Å². The predicted molar refractivity (Wildman–Crippen MR) is 99.2 cm³/mol. The smallest absolute Gasteiger partial charge is 0.252 e. The lowest BCUT2D eigenvalue weighted by Crippen LogP contribution is -2.27. The van der Waals surface area contributed by atoms with Gasteiger partial charge in [0, 0.05) is 10.6 Å². The van der Waals surface area contributed by atoms with Gasteiger partial charge in [0.2, 0.25) is 0 Å². The minimum absolute atomic E-state index is 0.0285. The van der Waals surface area contributed by atoms with Crippen LogP contribution >= 0.6 is 11.8 Å². The Morgan fingerprint density at radius 2 is 1.96 bits per heavy atom. The number of benzene rings is 2. The van der Waals surface area contributed by atoms with Crippen molar-refractivity contribution in [1.82, 2.24) is 5.32 Å². The molecule has 0 aromatic heterocycles. The summed E-state index contributed by atoms with van der Waals surface area (Å²) in [6.07, 6.45) is 1.84. The van der Waals surface area contributed by atoms with Gasteiger partial charge in [-0.05, 0) is 49.6 Å². The van der Waals surface area contributed by atoms with Crippen LogP contribution in [0.3, 0.4) is 0 Å². The molecule has 0 aliphatic rings. The van der Waals surface area contributed by atoms with Gasteiger partial charge in [0.1, 0.15) is 0 Å². The second-order valence-corrected chi connectivity index (χ2v) is 6.70. The van der Waals surface area contributed by atoms with E-state index < -0.39 is 0 Å². The van der Waals surface area contributed by atoms with Crippen LogP contribution in [0.2, 0.25) is 0 Å². The van der Waals surface area contributed by atoms with Gasteiger partial charge in [-0.2, -0.15) is 0 Å². The highest BCUT2D eigenvalue weighted by Crippen LogP contribution is 2.24. The Balaban J connectivity index is 2.15. The molecule has 0 aliphatic heterocycles. The molecular weight excluding hydrogens is 302 g/mol. The molecule has 0 spiro atoms.